The summed E-state index contributed by atoms with van der Waals surface area (Å²) in [5, 5.41) is 48.7. The Hall–Kier alpha value is -3.25. The highest BCUT2D eigenvalue weighted by Gasteiger charge is 2.45. The number of nitrogens with two attached hydrogens (primary N) is 2. The number of nitrogen functional groups attached to an aromatic ring is 2. The van der Waals surface area contributed by atoms with E-state index in [1.807, 2.05) is 0 Å². The van der Waals surface area contributed by atoms with Gasteiger partial charge in [0.15, 0.2) is 34.8 Å². The molecule has 216 valence electrons. The van der Waals surface area contributed by atoms with Crippen LogP contribution in [0.3, 0.4) is 0 Å². The number of hydrogen-bond acceptors (Lipinski definition) is 15. The van der Waals surface area contributed by atoms with Crippen molar-refractivity contribution in [3.05, 3.63) is 33.4 Å². The number of aliphatic hydroxyl groups is 5. The van der Waals surface area contributed by atoms with E-state index in [2.05, 4.69) is 52.5 Å². The predicted octanol–water partition coefficient (Wildman–Crippen LogP) is -3.93. The summed E-state index contributed by atoms with van der Waals surface area (Å²) >= 11 is 2.06. The van der Waals surface area contributed by atoms with Gasteiger partial charge < -0.3 is 46.5 Å². The first-order valence-electron chi connectivity index (χ1n) is 11.7. The fourth-order valence-corrected chi connectivity index (χ4v) is 5.18. The van der Waals surface area contributed by atoms with Gasteiger partial charge in [-0.15, -0.1) is 0 Å². The summed E-state index contributed by atoms with van der Waals surface area (Å²) in [6.45, 7) is -0.447. The van der Waals surface area contributed by atoms with Gasteiger partial charge in [-0.3, -0.25) is 28.7 Å². The van der Waals surface area contributed by atoms with E-state index < -0.39 is 66.8 Å². The largest absolute Gasteiger partial charge is 0.394 e. The molecule has 2 aliphatic rings. The van der Waals surface area contributed by atoms with Crippen molar-refractivity contribution < 1.29 is 35.0 Å². The van der Waals surface area contributed by atoms with E-state index in [-0.39, 0.29) is 34.2 Å². The lowest BCUT2D eigenvalue weighted by Gasteiger charge is -2.16. The number of ether oxygens (including phenoxy) is 2. The number of H-pyrrole nitrogens is 2. The molecule has 40 heavy (non-hydrogen) atoms. The van der Waals surface area contributed by atoms with E-state index in [0.717, 1.165) is 0 Å². The molecule has 11 N–H and O–H groups in total. The lowest BCUT2D eigenvalue weighted by Crippen LogP contribution is -2.33. The maximum atomic E-state index is 11.7. The smallest absolute Gasteiger partial charge is 0.280 e. The Balaban J connectivity index is 0.000000161. The van der Waals surface area contributed by atoms with Crippen LogP contribution in [-0.4, -0.2) is 112 Å². The molecule has 0 radical (unpaired) electrons. The molecule has 8 atom stereocenters. The van der Waals surface area contributed by atoms with Crippen LogP contribution in [0.25, 0.3) is 22.3 Å². The highest BCUT2D eigenvalue weighted by atomic mass is 127. The Morgan fingerprint density at radius 2 is 1.23 bits per heavy atom. The average molecular weight is 676 g/mol. The second-order valence-electron chi connectivity index (χ2n) is 8.98. The summed E-state index contributed by atoms with van der Waals surface area (Å²) in [4.78, 5) is 43.7. The number of fused-ring (bicyclic) bond motifs is 2. The number of aromatic amines is 2. The van der Waals surface area contributed by atoms with Crippen LogP contribution >= 0.6 is 22.6 Å². The molecule has 2 aliphatic heterocycles. The van der Waals surface area contributed by atoms with Gasteiger partial charge in [-0.05, 0) is 0 Å². The van der Waals surface area contributed by atoms with Gasteiger partial charge in [-0.2, -0.15) is 9.97 Å². The van der Waals surface area contributed by atoms with E-state index >= 15 is 0 Å². The summed E-state index contributed by atoms with van der Waals surface area (Å²) in [6, 6.07) is 0. The Kier molecular flexibility index (Phi) is 7.75. The maximum absolute atomic E-state index is 11.7. The molecular formula is C20H25IN10O9. The summed E-state index contributed by atoms with van der Waals surface area (Å²) < 4.78 is 14.2. The summed E-state index contributed by atoms with van der Waals surface area (Å²) in [5.74, 6) is -0.154. The van der Waals surface area contributed by atoms with E-state index in [0.29, 0.717) is 4.43 Å². The van der Waals surface area contributed by atoms with E-state index in [9.17, 15) is 30.0 Å². The van der Waals surface area contributed by atoms with Crippen molar-refractivity contribution in [1.29, 1.82) is 0 Å². The molecule has 0 spiro atoms. The molecule has 0 saturated carbocycles. The third-order valence-electron chi connectivity index (χ3n) is 6.46. The van der Waals surface area contributed by atoms with Crippen molar-refractivity contribution in [2.24, 2.45) is 0 Å². The van der Waals surface area contributed by atoms with Crippen molar-refractivity contribution in [3.63, 3.8) is 0 Å². The van der Waals surface area contributed by atoms with Crippen LogP contribution in [0.15, 0.2) is 22.2 Å². The van der Waals surface area contributed by atoms with Crippen LogP contribution < -0.4 is 22.6 Å². The highest BCUT2D eigenvalue weighted by molar-refractivity contribution is 14.1. The molecule has 6 rings (SSSR count). The molecule has 19 nitrogen and oxygen atoms in total. The summed E-state index contributed by atoms with van der Waals surface area (Å²) in [5.41, 5.74) is 10.5. The molecule has 0 aromatic carbocycles. The van der Waals surface area contributed by atoms with Crippen LogP contribution in [-0.2, 0) is 9.47 Å². The number of alkyl halides is 1. The van der Waals surface area contributed by atoms with Gasteiger partial charge in [0.2, 0.25) is 11.9 Å². The Morgan fingerprint density at radius 1 is 0.800 bits per heavy atom. The van der Waals surface area contributed by atoms with Gasteiger partial charge in [0.05, 0.1) is 25.4 Å². The van der Waals surface area contributed by atoms with Gasteiger partial charge in [0.1, 0.15) is 30.5 Å². The first-order chi connectivity index (χ1) is 19.0. The van der Waals surface area contributed by atoms with Gasteiger partial charge >= 0.3 is 0 Å². The highest BCUT2D eigenvalue weighted by Crippen LogP contribution is 2.32. The minimum atomic E-state index is -1.29. The van der Waals surface area contributed by atoms with Crippen molar-refractivity contribution in [3.8, 4) is 0 Å². The third-order valence-corrected chi connectivity index (χ3v) is 7.32. The number of halogens is 1. The number of nitrogens with one attached hydrogen (secondary N) is 2. The van der Waals surface area contributed by atoms with Crippen LogP contribution in [0.4, 0.5) is 11.9 Å². The number of imidazole rings is 2. The van der Waals surface area contributed by atoms with Crippen LogP contribution in [0.2, 0.25) is 0 Å². The van der Waals surface area contributed by atoms with Crippen molar-refractivity contribution in [1.82, 2.24) is 39.0 Å². The van der Waals surface area contributed by atoms with E-state index in [4.69, 9.17) is 26.0 Å². The molecule has 0 bridgehead atoms. The Labute approximate surface area is 235 Å². The molecular weight excluding hydrogens is 651 g/mol. The lowest BCUT2D eigenvalue weighted by molar-refractivity contribution is -0.0511. The number of hydrogen-bond donors (Lipinski definition) is 9. The monoisotopic (exact) mass is 676 g/mol. The normalized spacial score (nSPS) is 30.1. The summed E-state index contributed by atoms with van der Waals surface area (Å²) in [6.07, 6.45) is -5.37. The number of rotatable bonds is 4. The first-order valence-corrected chi connectivity index (χ1v) is 13.2. The third kappa shape index (κ3) is 4.81. The zero-order chi connectivity index (χ0) is 28.9. The standard InChI is InChI=1S/C10H12IN5O4.C10H13N5O5/c11-1-3-5(17)6(18)9(20-3)16-2-13-4-7(16)14-10(12)15-8(4)19;11-10-13-7-4(8(19)14-10)12-2-15(7)9-6(18)5(17)3(1-16)20-9/h2-3,5-6,9,17-18H,1H2,(H3,12,14,15,19);2-3,5-6,9,16-18H,1H2,(H3,11,13,14,19)/t2*3-,5-,6-,9-/m11/s1. The minimum Gasteiger partial charge on any atom is -0.394 e. The number of anilines is 2. The molecule has 20 heteroatoms. The molecule has 0 aliphatic carbocycles. The topological polar surface area (TPSA) is 299 Å². The second kappa shape index (κ2) is 11.0. The fraction of sp³-hybridized carbons (Fsp3) is 0.500. The van der Waals surface area contributed by atoms with Gasteiger partial charge in [0, 0.05) is 4.43 Å². The van der Waals surface area contributed by atoms with E-state index in [1.165, 1.54) is 21.8 Å². The maximum Gasteiger partial charge on any atom is 0.280 e. The van der Waals surface area contributed by atoms with Crippen molar-refractivity contribution >= 4 is 56.8 Å². The number of aromatic nitrogens is 8. The quantitative estimate of drug-likeness (QED) is 0.0737. The predicted molar refractivity (Wildman–Crippen MR) is 143 cm³/mol. The number of nitrogens with zero attached hydrogens (tertiary/aromatic N) is 6. The van der Waals surface area contributed by atoms with E-state index in [1.54, 1.807) is 0 Å². The van der Waals surface area contributed by atoms with Crippen molar-refractivity contribution in [2.75, 3.05) is 22.5 Å². The van der Waals surface area contributed by atoms with Crippen LogP contribution in [0.5, 0.6) is 0 Å². The zero-order valence-corrected chi connectivity index (χ0v) is 22.4. The molecule has 6 heterocycles. The second-order valence-corrected chi connectivity index (χ2v) is 9.86. The SMILES string of the molecule is Nc1nc2c(ncn2[C@@H]2O[C@H](CI)[C@@H](O)[C@H]2O)c(=O)[nH]1.Nc1nc2c(ncn2[C@@H]2O[C@H](CO)[C@@H](O)[C@H]2O)c(=O)[nH]1. The van der Waals surface area contributed by atoms with Crippen molar-refractivity contribution in [2.45, 2.75) is 49.1 Å². The zero-order valence-electron chi connectivity index (χ0n) is 20.3. The Morgan fingerprint density at radius 3 is 1.60 bits per heavy atom. The lowest BCUT2D eigenvalue weighted by atomic mass is 10.1. The molecule has 0 amide bonds. The molecule has 4 aromatic rings. The molecule has 2 fully saturated rings. The average Bonchev–Trinajstić information content (AvgIpc) is 3.66. The fourth-order valence-electron chi connectivity index (χ4n) is 4.45. The van der Waals surface area contributed by atoms with Crippen LogP contribution in [0, 0.1) is 0 Å². The van der Waals surface area contributed by atoms with Gasteiger partial charge in [0.25, 0.3) is 11.1 Å². The molecule has 0 unspecified atom stereocenters. The molecule has 2 saturated heterocycles. The first kappa shape index (κ1) is 28.3. The van der Waals surface area contributed by atoms with Crippen LogP contribution in [0.1, 0.15) is 12.5 Å². The van der Waals surface area contributed by atoms with Gasteiger partial charge in [-0.25, -0.2) is 9.97 Å². The summed E-state index contributed by atoms with van der Waals surface area (Å²) in [7, 11) is 0. The number of aliphatic hydroxyl groups excluding tert-OH is 5. The van der Waals surface area contributed by atoms with Gasteiger partial charge in [-0.1, -0.05) is 22.6 Å². The minimum absolute atomic E-state index is 0.0388. The Bertz CT molecular complexity index is 1520. The molecule has 4 aromatic heterocycles.